The molecule has 20 heavy (non-hydrogen) atoms. The minimum absolute atomic E-state index is 0.255. The molecule has 3 fully saturated rings. The Morgan fingerprint density at radius 1 is 1.25 bits per heavy atom. The van der Waals surface area contributed by atoms with Crippen LogP contribution in [0.25, 0.3) is 0 Å². The van der Waals surface area contributed by atoms with Crippen LogP contribution < -0.4 is 5.32 Å². The van der Waals surface area contributed by atoms with Crippen LogP contribution in [-0.2, 0) is 4.74 Å². The van der Waals surface area contributed by atoms with E-state index >= 15 is 0 Å². The summed E-state index contributed by atoms with van der Waals surface area (Å²) in [5, 5.41) is 13.8. The average molecular weight is 282 g/mol. The molecule has 0 aromatic heterocycles. The molecule has 4 nitrogen and oxygen atoms in total. The van der Waals surface area contributed by atoms with Crippen LogP contribution in [-0.4, -0.2) is 61.5 Å². The van der Waals surface area contributed by atoms with Crippen LogP contribution in [0.5, 0.6) is 0 Å². The molecule has 2 N–H and O–H groups in total. The number of aliphatic hydroxyl groups excluding tert-OH is 1. The standard InChI is InChI=1S/C16H30N2O2/c1-12(16-9-13-2-3-14(16)8-13)17-10-15(19)11-18-4-6-20-7-5-18/h12-17,19H,2-11H2,1H3. The Kier molecular flexibility index (Phi) is 4.97. The van der Waals surface area contributed by atoms with Crippen LogP contribution in [0.3, 0.4) is 0 Å². The molecule has 1 saturated heterocycles. The van der Waals surface area contributed by atoms with E-state index in [2.05, 4.69) is 17.1 Å². The number of β-amino-alcohol motifs (C(OH)–C–C–N with tert-alkyl or cyclic N) is 1. The van der Waals surface area contributed by atoms with Crippen molar-refractivity contribution in [2.45, 2.75) is 44.8 Å². The molecule has 1 heterocycles. The Labute approximate surface area is 122 Å². The maximum absolute atomic E-state index is 10.2. The molecule has 2 saturated carbocycles. The highest BCUT2D eigenvalue weighted by atomic mass is 16.5. The molecule has 0 aromatic carbocycles. The summed E-state index contributed by atoms with van der Waals surface area (Å²) in [6.45, 7) is 7.35. The lowest BCUT2D eigenvalue weighted by Crippen LogP contribution is -2.46. The number of hydrogen-bond donors (Lipinski definition) is 2. The van der Waals surface area contributed by atoms with E-state index in [9.17, 15) is 5.11 Å². The maximum atomic E-state index is 10.2. The van der Waals surface area contributed by atoms with Crippen molar-refractivity contribution in [3.8, 4) is 0 Å². The van der Waals surface area contributed by atoms with Crippen molar-refractivity contribution >= 4 is 0 Å². The zero-order valence-corrected chi connectivity index (χ0v) is 12.8. The van der Waals surface area contributed by atoms with Gasteiger partial charge in [-0.3, -0.25) is 4.90 Å². The lowest BCUT2D eigenvalue weighted by molar-refractivity contribution is 0.0140. The minimum atomic E-state index is -0.255. The molecule has 0 amide bonds. The Balaban J connectivity index is 1.35. The first kappa shape index (κ1) is 14.8. The summed E-state index contributed by atoms with van der Waals surface area (Å²) < 4.78 is 5.34. The molecular formula is C16H30N2O2. The van der Waals surface area contributed by atoms with Crippen molar-refractivity contribution in [1.29, 1.82) is 0 Å². The number of morpholine rings is 1. The summed E-state index contributed by atoms with van der Waals surface area (Å²) in [7, 11) is 0. The SMILES string of the molecule is CC(NCC(O)CN1CCOCC1)C1CC2CCC1C2. The average Bonchev–Trinajstić information content (AvgIpc) is 3.08. The molecule has 4 heteroatoms. The fourth-order valence-electron chi connectivity index (χ4n) is 4.53. The van der Waals surface area contributed by atoms with Gasteiger partial charge in [-0.2, -0.15) is 0 Å². The molecule has 0 aromatic rings. The van der Waals surface area contributed by atoms with Crippen LogP contribution in [0, 0.1) is 17.8 Å². The second-order valence-corrected chi connectivity index (χ2v) is 7.10. The van der Waals surface area contributed by atoms with Gasteiger partial charge in [0, 0.05) is 32.2 Å². The van der Waals surface area contributed by atoms with Crippen LogP contribution in [0.4, 0.5) is 0 Å². The van der Waals surface area contributed by atoms with Crippen molar-refractivity contribution in [2.75, 3.05) is 39.4 Å². The molecular weight excluding hydrogens is 252 g/mol. The normalized spacial score (nSPS) is 37.2. The lowest BCUT2D eigenvalue weighted by Gasteiger charge is -2.31. The fraction of sp³-hybridized carbons (Fsp3) is 1.00. The third kappa shape index (κ3) is 3.53. The highest BCUT2D eigenvalue weighted by Crippen LogP contribution is 2.49. The third-order valence-corrected chi connectivity index (χ3v) is 5.68. The number of hydrogen-bond acceptors (Lipinski definition) is 4. The Morgan fingerprint density at radius 3 is 2.70 bits per heavy atom. The van der Waals surface area contributed by atoms with Crippen molar-refractivity contribution in [1.82, 2.24) is 10.2 Å². The third-order valence-electron chi connectivity index (χ3n) is 5.68. The molecule has 5 atom stereocenters. The Bertz CT molecular complexity index is 307. The van der Waals surface area contributed by atoms with Crippen molar-refractivity contribution in [3.63, 3.8) is 0 Å². The Morgan fingerprint density at radius 2 is 2.05 bits per heavy atom. The Hall–Kier alpha value is -0.160. The van der Waals surface area contributed by atoms with Gasteiger partial charge in [0.2, 0.25) is 0 Å². The van der Waals surface area contributed by atoms with E-state index in [0.717, 1.165) is 57.1 Å². The second kappa shape index (κ2) is 6.73. The lowest BCUT2D eigenvalue weighted by atomic mass is 9.84. The first-order chi connectivity index (χ1) is 9.72. The molecule has 3 rings (SSSR count). The summed E-state index contributed by atoms with van der Waals surface area (Å²) in [6.07, 6.45) is 5.53. The second-order valence-electron chi connectivity index (χ2n) is 7.10. The first-order valence-corrected chi connectivity index (χ1v) is 8.44. The molecule has 116 valence electrons. The summed E-state index contributed by atoms with van der Waals surface area (Å²) in [4.78, 5) is 2.30. The van der Waals surface area contributed by atoms with E-state index in [1.165, 1.54) is 25.7 Å². The van der Waals surface area contributed by atoms with Crippen molar-refractivity contribution in [2.24, 2.45) is 17.8 Å². The van der Waals surface area contributed by atoms with E-state index in [1.807, 2.05) is 0 Å². The molecule has 2 bridgehead atoms. The number of nitrogens with one attached hydrogen (secondary N) is 1. The van der Waals surface area contributed by atoms with Gasteiger partial charge in [0.25, 0.3) is 0 Å². The predicted octanol–water partition coefficient (Wildman–Crippen LogP) is 1.09. The van der Waals surface area contributed by atoms with Crippen LogP contribution >= 0.6 is 0 Å². The molecule has 5 unspecified atom stereocenters. The largest absolute Gasteiger partial charge is 0.390 e. The predicted molar refractivity (Wildman–Crippen MR) is 79.7 cm³/mol. The molecule has 2 aliphatic carbocycles. The highest BCUT2D eigenvalue weighted by Gasteiger charge is 2.41. The van der Waals surface area contributed by atoms with E-state index in [4.69, 9.17) is 4.74 Å². The van der Waals surface area contributed by atoms with E-state index in [0.29, 0.717) is 6.04 Å². The van der Waals surface area contributed by atoms with Crippen LogP contribution in [0.2, 0.25) is 0 Å². The van der Waals surface area contributed by atoms with Gasteiger partial charge >= 0.3 is 0 Å². The first-order valence-electron chi connectivity index (χ1n) is 8.44. The molecule has 1 aliphatic heterocycles. The number of ether oxygens (including phenoxy) is 1. The summed E-state index contributed by atoms with van der Waals surface area (Å²) in [5.74, 6) is 2.82. The molecule has 0 radical (unpaired) electrons. The van der Waals surface area contributed by atoms with Gasteiger partial charge < -0.3 is 15.2 Å². The van der Waals surface area contributed by atoms with E-state index in [1.54, 1.807) is 0 Å². The van der Waals surface area contributed by atoms with E-state index in [-0.39, 0.29) is 6.10 Å². The number of fused-ring (bicyclic) bond motifs is 2. The fourth-order valence-corrected chi connectivity index (χ4v) is 4.53. The number of nitrogens with zero attached hydrogens (tertiary/aromatic N) is 1. The van der Waals surface area contributed by atoms with Crippen LogP contribution in [0.15, 0.2) is 0 Å². The minimum Gasteiger partial charge on any atom is -0.390 e. The summed E-state index contributed by atoms with van der Waals surface area (Å²) in [6, 6.07) is 0.560. The smallest absolute Gasteiger partial charge is 0.0791 e. The van der Waals surface area contributed by atoms with Gasteiger partial charge in [0.05, 0.1) is 19.3 Å². The van der Waals surface area contributed by atoms with Crippen LogP contribution in [0.1, 0.15) is 32.6 Å². The maximum Gasteiger partial charge on any atom is 0.0791 e. The summed E-state index contributed by atoms with van der Waals surface area (Å²) >= 11 is 0. The van der Waals surface area contributed by atoms with Crippen molar-refractivity contribution < 1.29 is 9.84 Å². The topological polar surface area (TPSA) is 44.7 Å². The van der Waals surface area contributed by atoms with E-state index < -0.39 is 0 Å². The van der Waals surface area contributed by atoms with Gasteiger partial charge in [0.15, 0.2) is 0 Å². The number of rotatable bonds is 6. The monoisotopic (exact) mass is 282 g/mol. The molecule has 0 spiro atoms. The van der Waals surface area contributed by atoms with Gasteiger partial charge in [-0.25, -0.2) is 0 Å². The molecule has 3 aliphatic rings. The summed E-state index contributed by atoms with van der Waals surface area (Å²) in [5.41, 5.74) is 0. The quantitative estimate of drug-likeness (QED) is 0.765. The highest BCUT2D eigenvalue weighted by molar-refractivity contribution is 4.94. The van der Waals surface area contributed by atoms with Gasteiger partial charge in [-0.15, -0.1) is 0 Å². The van der Waals surface area contributed by atoms with Gasteiger partial charge in [-0.1, -0.05) is 6.42 Å². The zero-order valence-electron chi connectivity index (χ0n) is 12.8. The zero-order chi connectivity index (χ0) is 13.9. The van der Waals surface area contributed by atoms with Gasteiger partial charge in [0.1, 0.15) is 0 Å². The van der Waals surface area contributed by atoms with Crippen molar-refractivity contribution in [3.05, 3.63) is 0 Å². The number of aliphatic hydroxyl groups is 1. The van der Waals surface area contributed by atoms with Gasteiger partial charge in [-0.05, 0) is 43.9 Å².